The summed E-state index contributed by atoms with van der Waals surface area (Å²) in [5.74, 6) is 0.612. The number of hydrogen-bond acceptors (Lipinski definition) is 6. The quantitative estimate of drug-likeness (QED) is 0.599. The number of carbonyl (C=O) groups is 1. The zero-order chi connectivity index (χ0) is 21.3. The molecule has 3 aromatic heterocycles. The van der Waals surface area contributed by atoms with E-state index < -0.39 is 0 Å². The van der Waals surface area contributed by atoms with E-state index in [0.29, 0.717) is 37.3 Å². The Kier molecular flexibility index (Phi) is 5.72. The molecule has 30 heavy (non-hydrogen) atoms. The van der Waals surface area contributed by atoms with Gasteiger partial charge in [0, 0.05) is 31.0 Å². The Bertz CT molecular complexity index is 1130. The summed E-state index contributed by atoms with van der Waals surface area (Å²) < 4.78 is 3.29. The Labute approximate surface area is 178 Å². The van der Waals surface area contributed by atoms with E-state index in [1.54, 1.807) is 27.7 Å². The van der Waals surface area contributed by atoms with Crippen molar-refractivity contribution in [1.82, 2.24) is 29.4 Å². The molecule has 0 aliphatic carbocycles. The smallest absolute Gasteiger partial charge is 0.267 e. The van der Waals surface area contributed by atoms with Crippen molar-refractivity contribution >= 4 is 17.7 Å². The molecule has 3 aromatic rings. The third-order valence-corrected chi connectivity index (χ3v) is 6.04. The van der Waals surface area contributed by atoms with Crippen LogP contribution in [0.4, 0.5) is 0 Å². The molecule has 0 saturated carbocycles. The van der Waals surface area contributed by atoms with Gasteiger partial charge in [-0.1, -0.05) is 0 Å². The number of aryl methyl sites for hydroxylation is 2. The lowest BCUT2D eigenvalue weighted by Crippen LogP contribution is -2.41. The Morgan fingerprint density at radius 3 is 2.57 bits per heavy atom. The standard InChI is InChI=1S/C21H24N6O2S/c1-14-13-15(2)26(23-14)18-6-7-19(28)27(24-18)16-8-11-25(12-9-16)21(29)17-5-4-10-22-20(17)30-3/h4-7,10,13,16H,8-9,11-12H2,1-3H3. The van der Waals surface area contributed by atoms with Crippen LogP contribution in [0.5, 0.6) is 0 Å². The molecule has 1 amide bonds. The van der Waals surface area contributed by atoms with Crippen LogP contribution < -0.4 is 5.56 Å². The number of pyridine rings is 1. The highest BCUT2D eigenvalue weighted by molar-refractivity contribution is 7.98. The Morgan fingerprint density at radius 2 is 1.90 bits per heavy atom. The minimum atomic E-state index is -0.137. The first-order chi connectivity index (χ1) is 14.5. The number of carbonyl (C=O) groups excluding carboxylic acids is 1. The van der Waals surface area contributed by atoms with Gasteiger partial charge in [0.05, 0.1) is 17.3 Å². The summed E-state index contributed by atoms with van der Waals surface area (Å²) in [6.07, 6.45) is 4.96. The number of likely N-dealkylation sites (tertiary alicyclic amines) is 1. The fourth-order valence-corrected chi connectivity index (χ4v) is 4.39. The summed E-state index contributed by atoms with van der Waals surface area (Å²) in [6.45, 7) is 5.04. The predicted octanol–water partition coefficient (Wildman–Crippen LogP) is 2.64. The van der Waals surface area contributed by atoms with E-state index >= 15 is 0 Å². The molecule has 0 aromatic carbocycles. The fraction of sp³-hybridized carbons (Fsp3) is 0.381. The summed E-state index contributed by atoms with van der Waals surface area (Å²) in [4.78, 5) is 31.6. The summed E-state index contributed by atoms with van der Waals surface area (Å²) in [5, 5.41) is 9.78. The van der Waals surface area contributed by atoms with Crippen LogP contribution >= 0.6 is 11.8 Å². The number of piperidine rings is 1. The summed E-state index contributed by atoms with van der Waals surface area (Å²) in [5.41, 5.74) is 2.36. The van der Waals surface area contributed by atoms with Crippen molar-refractivity contribution in [2.45, 2.75) is 37.8 Å². The molecular formula is C21H24N6O2S. The third-order valence-electron chi connectivity index (χ3n) is 5.33. The van der Waals surface area contributed by atoms with E-state index in [4.69, 9.17) is 0 Å². The lowest BCUT2D eigenvalue weighted by atomic mass is 10.0. The molecule has 1 aliphatic rings. The van der Waals surface area contributed by atoms with Gasteiger partial charge < -0.3 is 4.90 Å². The van der Waals surface area contributed by atoms with Gasteiger partial charge in [-0.2, -0.15) is 5.10 Å². The highest BCUT2D eigenvalue weighted by Crippen LogP contribution is 2.24. The van der Waals surface area contributed by atoms with Gasteiger partial charge in [0.2, 0.25) is 0 Å². The van der Waals surface area contributed by atoms with Gasteiger partial charge in [0.1, 0.15) is 5.03 Å². The van der Waals surface area contributed by atoms with Crippen molar-refractivity contribution < 1.29 is 4.79 Å². The average molecular weight is 425 g/mol. The topological polar surface area (TPSA) is 85.9 Å². The average Bonchev–Trinajstić information content (AvgIpc) is 3.11. The number of rotatable bonds is 4. The summed E-state index contributed by atoms with van der Waals surface area (Å²) in [7, 11) is 0. The van der Waals surface area contributed by atoms with Crippen LogP contribution in [-0.2, 0) is 0 Å². The molecule has 0 spiro atoms. The van der Waals surface area contributed by atoms with Crippen LogP contribution in [0.2, 0.25) is 0 Å². The van der Waals surface area contributed by atoms with Gasteiger partial charge >= 0.3 is 0 Å². The summed E-state index contributed by atoms with van der Waals surface area (Å²) >= 11 is 1.47. The lowest BCUT2D eigenvalue weighted by molar-refractivity contribution is 0.0683. The Morgan fingerprint density at radius 1 is 1.13 bits per heavy atom. The van der Waals surface area contributed by atoms with E-state index in [-0.39, 0.29) is 17.5 Å². The molecule has 156 valence electrons. The molecule has 9 heteroatoms. The molecule has 0 bridgehead atoms. The molecule has 0 unspecified atom stereocenters. The first-order valence-electron chi connectivity index (χ1n) is 9.89. The Hall–Kier alpha value is -2.94. The van der Waals surface area contributed by atoms with Crippen LogP contribution in [0.1, 0.15) is 40.6 Å². The minimum absolute atomic E-state index is 0.0115. The first kappa shape index (κ1) is 20.3. The van der Waals surface area contributed by atoms with E-state index in [2.05, 4.69) is 15.2 Å². The first-order valence-corrected chi connectivity index (χ1v) is 11.1. The number of thioether (sulfide) groups is 1. The second-order valence-electron chi connectivity index (χ2n) is 7.40. The zero-order valence-corrected chi connectivity index (χ0v) is 18.1. The normalized spacial score (nSPS) is 14.8. The van der Waals surface area contributed by atoms with E-state index in [0.717, 1.165) is 16.4 Å². The third kappa shape index (κ3) is 3.89. The van der Waals surface area contributed by atoms with Crippen LogP contribution in [0.25, 0.3) is 5.82 Å². The van der Waals surface area contributed by atoms with Crippen molar-refractivity contribution in [2.24, 2.45) is 0 Å². The van der Waals surface area contributed by atoms with Crippen LogP contribution in [0.15, 0.2) is 46.3 Å². The van der Waals surface area contributed by atoms with Crippen LogP contribution in [-0.4, -0.2) is 54.7 Å². The molecular weight excluding hydrogens is 400 g/mol. The van der Waals surface area contributed by atoms with Gasteiger partial charge in [0.15, 0.2) is 5.82 Å². The van der Waals surface area contributed by atoms with Gasteiger partial charge in [-0.05, 0) is 57.2 Å². The highest BCUT2D eigenvalue weighted by atomic mass is 32.2. The maximum absolute atomic E-state index is 12.9. The zero-order valence-electron chi connectivity index (χ0n) is 17.3. The minimum Gasteiger partial charge on any atom is -0.338 e. The monoisotopic (exact) mass is 424 g/mol. The van der Waals surface area contributed by atoms with E-state index in [9.17, 15) is 9.59 Å². The molecule has 1 aliphatic heterocycles. The summed E-state index contributed by atoms with van der Waals surface area (Å²) in [6, 6.07) is 8.76. The van der Waals surface area contributed by atoms with Crippen LogP contribution in [0.3, 0.4) is 0 Å². The maximum Gasteiger partial charge on any atom is 0.267 e. The van der Waals surface area contributed by atoms with E-state index in [1.165, 1.54) is 17.8 Å². The molecule has 0 radical (unpaired) electrons. The predicted molar refractivity (Wildman–Crippen MR) is 115 cm³/mol. The SMILES string of the molecule is CSc1ncccc1C(=O)N1CCC(n2nc(-n3nc(C)cc3C)ccc2=O)CC1. The number of nitrogens with zero attached hydrogens (tertiary/aromatic N) is 6. The molecule has 1 fully saturated rings. The van der Waals surface area contributed by atoms with Gasteiger partial charge in [0.25, 0.3) is 11.5 Å². The number of amides is 1. The lowest BCUT2D eigenvalue weighted by Gasteiger charge is -2.32. The molecule has 0 atom stereocenters. The fourth-order valence-electron chi connectivity index (χ4n) is 3.85. The van der Waals surface area contributed by atoms with Gasteiger partial charge in [-0.3, -0.25) is 9.59 Å². The molecule has 4 rings (SSSR count). The van der Waals surface area contributed by atoms with Gasteiger partial charge in [-0.15, -0.1) is 16.9 Å². The second-order valence-corrected chi connectivity index (χ2v) is 8.19. The van der Waals surface area contributed by atoms with Crippen molar-refractivity contribution in [3.05, 3.63) is 63.8 Å². The number of hydrogen-bond donors (Lipinski definition) is 0. The molecule has 8 nitrogen and oxygen atoms in total. The molecule has 1 saturated heterocycles. The van der Waals surface area contributed by atoms with Crippen molar-refractivity contribution in [1.29, 1.82) is 0 Å². The second kappa shape index (κ2) is 8.43. The Balaban J connectivity index is 1.52. The molecule has 4 heterocycles. The van der Waals surface area contributed by atoms with Crippen molar-refractivity contribution in [3.8, 4) is 5.82 Å². The van der Waals surface area contributed by atoms with Crippen LogP contribution in [0, 0.1) is 13.8 Å². The maximum atomic E-state index is 12.9. The van der Waals surface area contributed by atoms with Crippen molar-refractivity contribution in [3.63, 3.8) is 0 Å². The highest BCUT2D eigenvalue weighted by Gasteiger charge is 2.27. The number of aromatic nitrogens is 5. The van der Waals surface area contributed by atoms with Crippen molar-refractivity contribution in [2.75, 3.05) is 19.3 Å². The largest absolute Gasteiger partial charge is 0.338 e. The molecule has 0 N–H and O–H groups in total. The van der Waals surface area contributed by atoms with E-state index in [1.807, 2.05) is 37.1 Å². The van der Waals surface area contributed by atoms with Gasteiger partial charge in [-0.25, -0.2) is 14.3 Å².